The number of rotatable bonds is 5. The summed E-state index contributed by atoms with van der Waals surface area (Å²) in [6.07, 6.45) is 2.26. The normalized spacial score (nSPS) is 18.0. The Kier molecular flexibility index (Phi) is 5.64. The molecule has 0 aliphatic carbocycles. The Morgan fingerprint density at radius 3 is 2.62 bits per heavy atom. The Hall–Kier alpha value is -2.30. The second-order valence-electron chi connectivity index (χ2n) is 6.62. The molecule has 2 heterocycles. The fraction of sp³-hybridized carbons (Fsp3) is 0.474. The van der Waals surface area contributed by atoms with Crippen molar-refractivity contribution in [3.8, 4) is 6.07 Å². The van der Waals surface area contributed by atoms with Crippen molar-refractivity contribution in [2.75, 3.05) is 18.4 Å². The molecule has 1 aromatic carbocycles. The molecule has 0 unspecified atom stereocenters. The minimum atomic E-state index is -0.455. The van der Waals surface area contributed by atoms with E-state index >= 15 is 0 Å². The van der Waals surface area contributed by atoms with Gasteiger partial charge in [0.05, 0.1) is 17.5 Å². The number of nitrogens with one attached hydrogen (secondary N) is 1. The van der Waals surface area contributed by atoms with Crippen LogP contribution in [0.3, 0.4) is 0 Å². The summed E-state index contributed by atoms with van der Waals surface area (Å²) < 4.78 is 0. The molecule has 0 spiro atoms. The van der Waals surface area contributed by atoms with Gasteiger partial charge in [-0.25, -0.2) is 0 Å². The molecule has 1 aliphatic heterocycles. The molecular weight excluding hydrogens is 346 g/mol. The average molecular weight is 369 g/mol. The molecule has 1 amide bonds. The maximum Gasteiger partial charge on any atom is 0.243 e. The Bertz CT molecular complexity index is 790. The van der Waals surface area contributed by atoms with Crippen molar-refractivity contribution < 1.29 is 4.79 Å². The van der Waals surface area contributed by atoms with Crippen LogP contribution in [-0.2, 0) is 16.6 Å². The largest absolute Gasteiger partial charge is 0.299 e. The SMILES string of the molecule is CCc1nnc(NC(=O)[C@@H](C)N2CCC(C#N)(c3ccccc3)CC2)s1. The summed E-state index contributed by atoms with van der Waals surface area (Å²) in [6, 6.07) is 12.2. The molecule has 1 fully saturated rings. The lowest BCUT2D eigenvalue weighted by Crippen LogP contribution is -2.49. The number of aromatic nitrogens is 2. The Morgan fingerprint density at radius 1 is 1.35 bits per heavy atom. The van der Waals surface area contributed by atoms with Gasteiger partial charge < -0.3 is 0 Å². The molecule has 0 bridgehead atoms. The van der Waals surface area contributed by atoms with Gasteiger partial charge in [-0.1, -0.05) is 48.6 Å². The van der Waals surface area contributed by atoms with Gasteiger partial charge in [-0.3, -0.25) is 15.0 Å². The highest BCUT2D eigenvalue weighted by atomic mass is 32.1. The van der Waals surface area contributed by atoms with Crippen LogP contribution in [-0.4, -0.2) is 40.1 Å². The number of hydrogen-bond donors (Lipinski definition) is 1. The number of aryl methyl sites for hydroxylation is 1. The lowest BCUT2D eigenvalue weighted by molar-refractivity contribution is -0.121. The zero-order valence-electron chi connectivity index (χ0n) is 15.1. The summed E-state index contributed by atoms with van der Waals surface area (Å²) in [7, 11) is 0. The molecule has 1 aromatic heterocycles. The number of amides is 1. The van der Waals surface area contributed by atoms with Gasteiger partial charge in [-0.15, -0.1) is 10.2 Å². The molecule has 2 aromatic rings. The van der Waals surface area contributed by atoms with Crippen molar-refractivity contribution in [1.82, 2.24) is 15.1 Å². The van der Waals surface area contributed by atoms with Crippen LogP contribution in [0.25, 0.3) is 0 Å². The fourth-order valence-corrected chi connectivity index (χ4v) is 4.02. The molecular formula is C19H23N5OS. The lowest BCUT2D eigenvalue weighted by atomic mass is 9.74. The molecule has 0 radical (unpaired) electrons. The summed E-state index contributed by atoms with van der Waals surface area (Å²) in [5.74, 6) is -0.0760. The van der Waals surface area contributed by atoms with Crippen LogP contribution in [0.1, 0.15) is 37.3 Å². The van der Waals surface area contributed by atoms with Crippen LogP contribution in [0.15, 0.2) is 30.3 Å². The number of carbonyl (C=O) groups excluding carboxylic acids is 1. The third-order valence-electron chi connectivity index (χ3n) is 5.12. The molecule has 7 heteroatoms. The minimum absolute atomic E-state index is 0.0760. The smallest absolute Gasteiger partial charge is 0.243 e. The molecule has 1 atom stereocenters. The molecule has 1 aliphatic rings. The van der Waals surface area contributed by atoms with E-state index in [2.05, 4.69) is 26.5 Å². The van der Waals surface area contributed by atoms with Crippen LogP contribution < -0.4 is 5.32 Å². The minimum Gasteiger partial charge on any atom is -0.299 e. The van der Waals surface area contributed by atoms with Gasteiger partial charge in [0.2, 0.25) is 11.0 Å². The topological polar surface area (TPSA) is 81.9 Å². The summed E-state index contributed by atoms with van der Waals surface area (Å²) >= 11 is 1.41. The third-order valence-corrected chi connectivity index (χ3v) is 6.10. The van der Waals surface area contributed by atoms with Gasteiger partial charge in [0.25, 0.3) is 0 Å². The molecule has 0 saturated carbocycles. The summed E-state index contributed by atoms with van der Waals surface area (Å²) in [6.45, 7) is 5.34. The first-order valence-electron chi connectivity index (χ1n) is 8.92. The van der Waals surface area contributed by atoms with E-state index in [9.17, 15) is 10.1 Å². The van der Waals surface area contributed by atoms with E-state index in [1.54, 1.807) is 0 Å². The number of nitrogens with zero attached hydrogens (tertiary/aromatic N) is 4. The first kappa shape index (κ1) is 18.5. The van der Waals surface area contributed by atoms with Gasteiger partial charge in [0.1, 0.15) is 5.01 Å². The van der Waals surface area contributed by atoms with E-state index < -0.39 is 5.41 Å². The average Bonchev–Trinajstić information content (AvgIpc) is 3.15. The predicted molar refractivity (Wildman–Crippen MR) is 102 cm³/mol. The second kappa shape index (κ2) is 7.94. The number of hydrogen-bond acceptors (Lipinski definition) is 6. The number of piperidine rings is 1. The van der Waals surface area contributed by atoms with Crippen LogP contribution in [0.2, 0.25) is 0 Å². The quantitative estimate of drug-likeness (QED) is 0.876. The molecule has 136 valence electrons. The van der Waals surface area contributed by atoms with Gasteiger partial charge in [0.15, 0.2) is 0 Å². The highest BCUT2D eigenvalue weighted by Gasteiger charge is 2.38. The summed E-state index contributed by atoms with van der Waals surface area (Å²) in [5.41, 5.74) is 0.614. The van der Waals surface area contributed by atoms with Crippen molar-refractivity contribution in [3.05, 3.63) is 40.9 Å². The number of carbonyl (C=O) groups is 1. The van der Waals surface area contributed by atoms with E-state index in [4.69, 9.17) is 0 Å². The van der Waals surface area contributed by atoms with Crippen molar-refractivity contribution in [2.45, 2.75) is 44.6 Å². The first-order chi connectivity index (χ1) is 12.6. The van der Waals surface area contributed by atoms with Crippen molar-refractivity contribution in [1.29, 1.82) is 5.26 Å². The number of likely N-dealkylation sites (tertiary alicyclic amines) is 1. The van der Waals surface area contributed by atoms with Crippen molar-refractivity contribution in [3.63, 3.8) is 0 Å². The molecule has 6 nitrogen and oxygen atoms in total. The molecule has 1 saturated heterocycles. The standard InChI is InChI=1S/C19H23N5OS/c1-3-16-22-23-18(26-16)21-17(25)14(2)24-11-9-19(13-20,10-12-24)15-7-5-4-6-8-15/h4-8,14H,3,9-12H2,1-2H3,(H,21,23,25)/t14-/m1/s1. The van der Waals surface area contributed by atoms with Gasteiger partial charge >= 0.3 is 0 Å². The van der Waals surface area contributed by atoms with Gasteiger partial charge in [-0.05, 0) is 31.7 Å². The zero-order chi connectivity index (χ0) is 18.6. The van der Waals surface area contributed by atoms with Crippen LogP contribution in [0, 0.1) is 11.3 Å². The molecule has 26 heavy (non-hydrogen) atoms. The molecule has 3 rings (SSSR count). The number of anilines is 1. The van der Waals surface area contributed by atoms with Gasteiger partial charge in [-0.2, -0.15) is 5.26 Å². The Morgan fingerprint density at radius 2 is 2.04 bits per heavy atom. The van der Waals surface area contributed by atoms with Crippen molar-refractivity contribution >= 4 is 22.4 Å². The molecule has 1 N–H and O–H groups in total. The maximum absolute atomic E-state index is 12.5. The Balaban J connectivity index is 1.61. The van der Waals surface area contributed by atoms with E-state index in [1.165, 1.54) is 11.3 Å². The van der Waals surface area contributed by atoms with E-state index in [1.807, 2.05) is 44.2 Å². The maximum atomic E-state index is 12.5. The first-order valence-corrected chi connectivity index (χ1v) is 9.73. The third kappa shape index (κ3) is 3.76. The fourth-order valence-electron chi connectivity index (χ4n) is 3.34. The van der Waals surface area contributed by atoms with Crippen LogP contribution in [0.4, 0.5) is 5.13 Å². The van der Waals surface area contributed by atoms with E-state index in [-0.39, 0.29) is 11.9 Å². The Labute approximate surface area is 157 Å². The second-order valence-corrected chi connectivity index (χ2v) is 7.68. The van der Waals surface area contributed by atoms with E-state index in [0.29, 0.717) is 18.2 Å². The van der Waals surface area contributed by atoms with E-state index in [0.717, 1.165) is 29.8 Å². The highest BCUT2D eigenvalue weighted by molar-refractivity contribution is 7.15. The lowest BCUT2D eigenvalue weighted by Gasteiger charge is -2.39. The van der Waals surface area contributed by atoms with Crippen molar-refractivity contribution in [2.24, 2.45) is 0 Å². The summed E-state index contributed by atoms with van der Waals surface area (Å²) in [4.78, 5) is 14.7. The number of nitriles is 1. The number of benzene rings is 1. The predicted octanol–water partition coefficient (Wildman–Crippen LogP) is 2.98. The van der Waals surface area contributed by atoms with Gasteiger partial charge in [0, 0.05) is 13.1 Å². The monoisotopic (exact) mass is 369 g/mol. The summed E-state index contributed by atoms with van der Waals surface area (Å²) in [5, 5.41) is 22.1. The van der Waals surface area contributed by atoms with Crippen LogP contribution >= 0.6 is 11.3 Å². The zero-order valence-corrected chi connectivity index (χ0v) is 15.9. The van der Waals surface area contributed by atoms with Crippen LogP contribution in [0.5, 0.6) is 0 Å². The highest BCUT2D eigenvalue weighted by Crippen LogP contribution is 2.35.